The molecule has 0 fully saturated rings. The van der Waals surface area contributed by atoms with Crippen LogP contribution in [0.15, 0.2) is 12.1 Å². The monoisotopic (exact) mass is 264 g/mol. The molecule has 1 heterocycles. The molecule has 0 saturated heterocycles. The van der Waals surface area contributed by atoms with Crippen molar-refractivity contribution in [3.05, 3.63) is 21.9 Å². The van der Waals surface area contributed by atoms with E-state index in [2.05, 4.69) is 0 Å². The maximum atomic E-state index is 12.1. The van der Waals surface area contributed by atoms with Crippen molar-refractivity contribution in [2.45, 2.75) is 24.9 Å². The topological polar surface area (TPSA) is 20.2 Å². The van der Waals surface area contributed by atoms with E-state index in [1.807, 2.05) is 0 Å². The normalized spacial score (nSPS) is 15.2. The van der Waals surface area contributed by atoms with Gasteiger partial charge in [0.25, 0.3) is 0 Å². The molecule has 92 valence electrons. The summed E-state index contributed by atoms with van der Waals surface area (Å²) in [5, 5.41) is 8.65. The third-order valence-corrected chi connectivity index (χ3v) is 2.87. The molecule has 0 aliphatic carbocycles. The lowest BCUT2D eigenvalue weighted by Gasteiger charge is -2.12. The molecule has 1 rings (SSSR count). The van der Waals surface area contributed by atoms with Crippen LogP contribution in [-0.4, -0.2) is 17.4 Å². The summed E-state index contributed by atoms with van der Waals surface area (Å²) in [6, 6.07) is 1.63. The summed E-state index contributed by atoms with van der Waals surface area (Å²) >= 11 is 0.199. The van der Waals surface area contributed by atoms with Crippen molar-refractivity contribution in [1.29, 1.82) is 0 Å². The molecule has 0 radical (unpaired) electrons. The van der Waals surface area contributed by atoms with Gasteiger partial charge in [-0.2, -0.15) is 26.3 Å². The van der Waals surface area contributed by atoms with Crippen molar-refractivity contribution < 1.29 is 31.4 Å². The zero-order valence-corrected chi connectivity index (χ0v) is 8.38. The quantitative estimate of drug-likeness (QED) is 0.813. The van der Waals surface area contributed by atoms with Gasteiger partial charge in [-0.1, -0.05) is 0 Å². The molecule has 1 N–H and O–H groups in total. The van der Waals surface area contributed by atoms with Gasteiger partial charge in [-0.25, -0.2) is 0 Å². The highest BCUT2D eigenvalue weighted by Gasteiger charge is 2.39. The molecule has 16 heavy (non-hydrogen) atoms. The predicted molar refractivity (Wildman–Crippen MR) is 45.1 cm³/mol. The second-order valence-electron chi connectivity index (χ2n) is 3.03. The first kappa shape index (κ1) is 13.3. The highest BCUT2D eigenvalue weighted by atomic mass is 32.1. The summed E-state index contributed by atoms with van der Waals surface area (Å²) in [6.07, 6.45) is -12.9. The zero-order chi connectivity index (χ0) is 12.6. The van der Waals surface area contributed by atoms with Crippen molar-refractivity contribution in [3.8, 4) is 0 Å². The zero-order valence-electron chi connectivity index (χ0n) is 7.56. The molecule has 0 aliphatic rings. The van der Waals surface area contributed by atoms with Crippen LogP contribution in [0.4, 0.5) is 26.3 Å². The molecule has 0 saturated carbocycles. The van der Waals surface area contributed by atoms with Crippen molar-refractivity contribution in [3.63, 3.8) is 0 Å². The molecule has 1 aromatic rings. The van der Waals surface area contributed by atoms with Crippen LogP contribution in [0.3, 0.4) is 0 Å². The fourth-order valence-electron chi connectivity index (χ4n) is 0.946. The van der Waals surface area contributed by atoms with E-state index in [1.165, 1.54) is 0 Å². The first-order valence-corrected chi connectivity index (χ1v) is 4.83. The number of alkyl halides is 6. The van der Waals surface area contributed by atoms with Gasteiger partial charge in [0, 0.05) is 11.3 Å². The number of halogens is 6. The van der Waals surface area contributed by atoms with Gasteiger partial charge in [-0.05, 0) is 12.1 Å². The summed E-state index contributed by atoms with van der Waals surface area (Å²) in [5.74, 6) is 0. The first-order chi connectivity index (χ1) is 7.10. The Hall–Kier alpha value is -0.760. The Morgan fingerprint density at radius 1 is 1.12 bits per heavy atom. The Morgan fingerprint density at radius 3 is 2.06 bits per heavy atom. The average molecular weight is 264 g/mol. The van der Waals surface area contributed by atoms with Crippen LogP contribution in [-0.2, 0) is 12.6 Å². The van der Waals surface area contributed by atoms with E-state index in [0.717, 1.165) is 6.07 Å². The van der Waals surface area contributed by atoms with E-state index in [0.29, 0.717) is 6.07 Å². The lowest BCUT2D eigenvalue weighted by atomic mass is 10.2. The summed E-state index contributed by atoms with van der Waals surface area (Å²) in [6.45, 7) is 0. The van der Waals surface area contributed by atoms with Crippen molar-refractivity contribution in [2.24, 2.45) is 0 Å². The second kappa shape index (κ2) is 4.25. The van der Waals surface area contributed by atoms with Gasteiger partial charge < -0.3 is 5.11 Å². The van der Waals surface area contributed by atoms with Gasteiger partial charge in [0.1, 0.15) is 4.88 Å². The Kier molecular flexibility index (Phi) is 3.53. The van der Waals surface area contributed by atoms with Gasteiger partial charge in [-0.15, -0.1) is 11.3 Å². The maximum Gasteiger partial charge on any atom is 0.425 e. The Morgan fingerprint density at radius 2 is 1.69 bits per heavy atom. The van der Waals surface area contributed by atoms with Crippen LogP contribution in [0.2, 0.25) is 0 Å². The molecule has 0 bridgehead atoms. The Bertz CT molecular complexity index is 352. The number of hydrogen-bond donors (Lipinski definition) is 1. The van der Waals surface area contributed by atoms with Crippen molar-refractivity contribution in [1.82, 2.24) is 0 Å². The number of rotatable bonds is 2. The molecule has 1 atom stereocenters. The summed E-state index contributed by atoms with van der Waals surface area (Å²) in [5.41, 5.74) is 0. The lowest BCUT2D eigenvalue weighted by molar-refractivity contribution is -0.202. The highest BCUT2D eigenvalue weighted by molar-refractivity contribution is 7.12. The van der Waals surface area contributed by atoms with Crippen molar-refractivity contribution in [2.75, 3.05) is 0 Å². The summed E-state index contributed by atoms with van der Waals surface area (Å²) < 4.78 is 72.0. The molecule has 0 aromatic carbocycles. The lowest BCUT2D eigenvalue weighted by Crippen LogP contribution is -2.30. The summed E-state index contributed by atoms with van der Waals surface area (Å²) in [7, 11) is 0. The largest absolute Gasteiger partial charge is 0.425 e. The number of aliphatic hydroxyl groups is 1. The van der Waals surface area contributed by atoms with Crippen LogP contribution in [0.1, 0.15) is 9.75 Å². The molecular weight excluding hydrogens is 258 g/mol. The fraction of sp³-hybridized carbons (Fsp3) is 0.500. The maximum absolute atomic E-state index is 12.1. The molecule has 0 amide bonds. The van der Waals surface area contributed by atoms with Crippen LogP contribution in [0.25, 0.3) is 0 Å². The van der Waals surface area contributed by atoms with Crippen molar-refractivity contribution >= 4 is 11.3 Å². The van der Waals surface area contributed by atoms with Crippen LogP contribution in [0.5, 0.6) is 0 Å². The molecule has 0 aliphatic heterocycles. The highest BCUT2D eigenvalue weighted by Crippen LogP contribution is 2.35. The standard InChI is InChI=1S/C8H6F6OS/c9-7(10,11)5(15)3-4-1-2-6(16-4)8(12,13)14/h1-2,5,15H,3H2. The minimum absolute atomic E-state index is 0.155. The molecule has 1 aromatic heterocycles. The first-order valence-electron chi connectivity index (χ1n) is 4.01. The Labute approximate surface area is 90.3 Å². The third-order valence-electron chi connectivity index (χ3n) is 1.71. The van der Waals surface area contributed by atoms with Crippen LogP contribution >= 0.6 is 11.3 Å². The van der Waals surface area contributed by atoms with Gasteiger partial charge in [-0.3, -0.25) is 0 Å². The van der Waals surface area contributed by atoms with Gasteiger partial charge in [0.05, 0.1) is 0 Å². The van der Waals surface area contributed by atoms with Gasteiger partial charge >= 0.3 is 12.4 Å². The van der Waals surface area contributed by atoms with E-state index in [9.17, 15) is 26.3 Å². The number of aliphatic hydroxyl groups excluding tert-OH is 1. The minimum atomic E-state index is -4.82. The Balaban J connectivity index is 2.74. The third kappa shape index (κ3) is 3.38. The van der Waals surface area contributed by atoms with Crippen LogP contribution in [0, 0.1) is 0 Å². The average Bonchev–Trinajstić information content (AvgIpc) is 2.49. The fourth-order valence-corrected chi connectivity index (χ4v) is 1.86. The smallest absolute Gasteiger partial charge is 0.383 e. The number of thiophene rings is 1. The molecule has 1 unspecified atom stereocenters. The van der Waals surface area contributed by atoms with Gasteiger partial charge in [0.2, 0.25) is 0 Å². The summed E-state index contributed by atoms with van der Waals surface area (Å²) in [4.78, 5) is -1.13. The number of hydrogen-bond acceptors (Lipinski definition) is 2. The molecule has 0 spiro atoms. The van der Waals surface area contributed by atoms with E-state index < -0.39 is 29.8 Å². The van der Waals surface area contributed by atoms with E-state index in [4.69, 9.17) is 5.11 Å². The van der Waals surface area contributed by atoms with E-state index in [-0.39, 0.29) is 16.2 Å². The second-order valence-corrected chi connectivity index (χ2v) is 4.19. The SMILES string of the molecule is OC(Cc1ccc(C(F)(F)F)s1)C(F)(F)F. The van der Waals surface area contributed by atoms with Crippen LogP contribution < -0.4 is 0 Å². The molecule has 1 nitrogen and oxygen atoms in total. The minimum Gasteiger partial charge on any atom is -0.383 e. The molecule has 8 heteroatoms. The predicted octanol–water partition coefficient (Wildman–Crippen LogP) is 3.23. The molecular formula is C8H6F6OS. The van der Waals surface area contributed by atoms with Gasteiger partial charge in [0.15, 0.2) is 6.10 Å². The van der Waals surface area contributed by atoms with E-state index in [1.54, 1.807) is 0 Å². The van der Waals surface area contributed by atoms with E-state index >= 15 is 0 Å².